The van der Waals surface area contributed by atoms with Crippen LogP contribution in [0, 0.1) is 19.7 Å². The van der Waals surface area contributed by atoms with Gasteiger partial charge in [-0.1, -0.05) is 11.6 Å². The molecule has 1 amide bonds. The third-order valence-electron chi connectivity index (χ3n) is 4.11. The Morgan fingerprint density at radius 2 is 2.04 bits per heavy atom. The maximum absolute atomic E-state index is 14.4. The highest BCUT2D eigenvalue weighted by molar-refractivity contribution is 6.30. The first-order valence-electron chi connectivity index (χ1n) is 8.17. The van der Waals surface area contributed by atoms with Crippen LogP contribution < -0.4 is 5.32 Å². The van der Waals surface area contributed by atoms with Gasteiger partial charge in [0.25, 0.3) is 5.91 Å². The van der Waals surface area contributed by atoms with Gasteiger partial charge in [-0.25, -0.2) is 4.39 Å². The summed E-state index contributed by atoms with van der Waals surface area (Å²) in [5.74, 6) is -0.920. The standard InChI is InChI=1S/C19H18ClFN4O/c1-4-25-10-15(14-6-5-13(20)9-16(14)21)18(24-25)19(26)23-17-11(2)7-8-22-12(17)3/h5-10H,4H2,1-3H3,(H,23,26). The molecule has 0 aliphatic heterocycles. The first-order chi connectivity index (χ1) is 12.4. The molecule has 7 heteroatoms. The molecule has 2 aromatic heterocycles. The molecule has 134 valence electrons. The highest BCUT2D eigenvalue weighted by Crippen LogP contribution is 2.29. The quantitative estimate of drug-likeness (QED) is 0.726. The average Bonchev–Trinajstić information content (AvgIpc) is 3.02. The summed E-state index contributed by atoms with van der Waals surface area (Å²) >= 11 is 5.83. The zero-order valence-electron chi connectivity index (χ0n) is 14.7. The van der Waals surface area contributed by atoms with E-state index in [1.54, 1.807) is 29.2 Å². The third kappa shape index (κ3) is 3.46. The Morgan fingerprint density at radius 1 is 1.27 bits per heavy atom. The summed E-state index contributed by atoms with van der Waals surface area (Å²) in [5, 5.41) is 7.45. The van der Waals surface area contributed by atoms with Crippen molar-refractivity contribution in [3.63, 3.8) is 0 Å². The van der Waals surface area contributed by atoms with Crippen molar-refractivity contribution in [1.29, 1.82) is 0 Å². The van der Waals surface area contributed by atoms with Gasteiger partial charge in [0.15, 0.2) is 5.69 Å². The molecule has 0 aliphatic rings. The highest BCUT2D eigenvalue weighted by atomic mass is 35.5. The summed E-state index contributed by atoms with van der Waals surface area (Å²) in [5.41, 5.74) is 3.06. The molecule has 0 unspecified atom stereocenters. The molecule has 5 nitrogen and oxygen atoms in total. The Balaban J connectivity index is 2.04. The predicted octanol–water partition coefficient (Wildman–Crippen LogP) is 4.63. The van der Waals surface area contributed by atoms with Gasteiger partial charge in [0.2, 0.25) is 0 Å². The van der Waals surface area contributed by atoms with Gasteiger partial charge in [-0.3, -0.25) is 14.5 Å². The number of anilines is 1. The van der Waals surface area contributed by atoms with Crippen molar-refractivity contribution in [2.75, 3.05) is 5.32 Å². The number of hydrogen-bond donors (Lipinski definition) is 1. The van der Waals surface area contributed by atoms with E-state index in [-0.39, 0.29) is 11.3 Å². The van der Waals surface area contributed by atoms with Gasteiger partial charge in [0.1, 0.15) is 5.82 Å². The monoisotopic (exact) mass is 372 g/mol. The van der Waals surface area contributed by atoms with Crippen LogP contribution >= 0.6 is 11.6 Å². The van der Waals surface area contributed by atoms with E-state index in [2.05, 4.69) is 15.4 Å². The van der Waals surface area contributed by atoms with Crippen LogP contribution in [-0.2, 0) is 6.54 Å². The van der Waals surface area contributed by atoms with Crippen molar-refractivity contribution in [2.24, 2.45) is 0 Å². The second-order valence-corrected chi connectivity index (χ2v) is 6.35. The Kier molecular flexibility index (Phi) is 5.04. The minimum absolute atomic E-state index is 0.149. The molecule has 0 radical (unpaired) electrons. The SMILES string of the molecule is CCn1cc(-c2ccc(Cl)cc2F)c(C(=O)Nc2c(C)ccnc2C)n1. The third-order valence-corrected chi connectivity index (χ3v) is 4.34. The van der Waals surface area contributed by atoms with Gasteiger partial charge in [0.05, 0.1) is 11.4 Å². The minimum atomic E-state index is -0.504. The number of hydrogen-bond acceptors (Lipinski definition) is 3. The van der Waals surface area contributed by atoms with Crippen molar-refractivity contribution in [3.05, 3.63) is 64.5 Å². The smallest absolute Gasteiger partial charge is 0.276 e. The number of rotatable bonds is 4. The number of nitrogens with zero attached hydrogens (tertiary/aromatic N) is 3. The molecule has 3 aromatic rings. The van der Waals surface area contributed by atoms with Crippen LogP contribution in [0.5, 0.6) is 0 Å². The lowest BCUT2D eigenvalue weighted by Gasteiger charge is -2.10. The highest BCUT2D eigenvalue weighted by Gasteiger charge is 2.21. The maximum Gasteiger partial charge on any atom is 0.276 e. The van der Waals surface area contributed by atoms with Crippen LogP contribution in [0.4, 0.5) is 10.1 Å². The first kappa shape index (κ1) is 18.1. The van der Waals surface area contributed by atoms with Crippen molar-refractivity contribution in [1.82, 2.24) is 14.8 Å². The van der Waals surface area contributed by atoms with Gasteiger partial charge in [-0.05, 0) is 50.6 Å². The van der Waals surface area contributed by atoms with E-state index < -0.39 is 11.7 Å². The fourth-order valence-electron chi connectivity index (χ4n) is 2.71. The van der Waals surface area contributed by atoms with Gasteiger partial charge >= 0.3 is 0 Å². The number of amides is 1. The van der Waals surface area contributed by atoms with E-state index in [0.29, 0.717) is 28.5 Å². The second-order valence-electron chi connectivity index (χ2n) is 5.91. The molecule has 26 heavy (non-hydrogen) atoms. The van der Waals surface area contributed by atoms with Gasteiger partial charge in [-0.15, -0.1) is 0 Å². The van der Waals surface area contributed by atoms with E-state index in [1.807, 2.05) is 26.8 Å². The zero-order chi connectivity index (χ0) is 18.8. The molecule has 1 N–H and O–H groups in total. The summed E-state index contributed by atoms with van der Waals surface area (Å²) in [4.78, 5) is 17.1. The fourth-order valence-corrected chi connectivity index (χ4v) is 2.87. The molecule has 0 aliphatic carbocycles. The number of nitrogens with one attached hydrogen (secondary N) is 1. The number of aryl methyl sites for hydroxylation is 3. The molecule has 0 saturated heterocycles. The first-order valence-corrected chi connectivity index (χ1v) is 8.55. The van der Waals surface area contributed by atoms with E-state index in [1.165, 1.54) is 6.07 Å². The molecule has 3 rings (SSSR count). The molecule has 2 heterocycles. The Bertz CT molecular complexity index is 963. The summed E-state index contributed by atoms with van der Waals surface area (Å²) in [6.45, 7) is 6.15. The normalized spacial score (nSPS) is 10.8. The predicted molar refractivity (Wildman–Crippen MR) is 100.0 cm³/mol. The van der Waals surface area contributed by atoms with E-state index in [0.717, 1.165) is 5.56 Å². The Labute approximate surface area is 155 Å². The summed E-state index contributed by atoms with van der Waals surface area (Å²) in [6, 6.07) is 6.16. The van der Waals surface area contributed by atoms with Crippen LogP contribution in [0.1, 0.15) is 28.7 Å². The van der Waals surface area contributed by atoms with Crippen molar-refractivity contribution in [3.8, 4) is 11.1 Å². The molecular formula is C19H18ClFN4O. The van der Waals surface area contributed by atoms with E-state index >= 15 is 0 Å². The Morgan fingerprint density at radius 3 is 2.69 bits per heavy atom. The summed E-state index contributed by atoms with van der Waals surface area (Å²) in [7, 11) is 0. The topological polar surface area (TPSA) is 59.8 Å². The minimum Gasteiger partial charge on any atom is -0.319 e. The van der Waals surface area contributed by atoms with Crippen LogP contribution in [0.15, 0.2) is 36.7 Å². The molecule has 0 bridgehead atoms. The van der Waals surface area contributed by atoms with E-state index in [4.69, 9.17) is 11.6 Å². The van der Waals surface area contributed by atoms with Crippen LogP contribution in [0.25, 0.3) is 11.1 Å². The molecule has 0 atom stereocenters. The van der Waals surface area contributed by atoms with Crippen molar-refractivity contribution >= 4 is 23.2 Å². The largest absolute Gasteiger partial charge is 0.319 e. The van der Waals surface area contributed by atoms with Crippen molar-refractivity contribution in [2.45, 2.75) is 27.3 Å². The van der Waals surface area contributed by atoms with Gasteiger partial charge in [0, 0.05) is 35.1 Å². The Hall–Kier alpha value is -2.73. The average molecular weight is 373 g/mol. The maximum atomic E-state index is 14.4. The number of halogens is 2. The number of benzene rings is 1. The lowest BCUT2D eigenvalue weighted by molar-refractivity contribution is 0.102. The van der Waals surface area contributed by atoms with Crippen LogP contribution in [0.2, 0.25) is 5.02 Å². The molecule has 1 aromatic carbocycles. The lowest BCUT2D eigenvalue weighted by Crippen LogP contribution is -2.16. The molecule has 0 saturated carbocycles. The van der Waals surface area contributed by atoms with Gasteiger partial charge < -0.3 is 5.32 Å². The number of carbonyl (C=O) groups excluding carboxylic acids is 1. The number of aromatic nitrogens is 3. The van der Waals surface area contributed by atoms with Gasteiger partial charge in [-0.2, -0.15) is 5.10 Å². The van der Waals surface area contributed by atoms with E-state index in [9.17, 15) is 9.18 Å². The lowest BCUT2D eigenvalue weighted by atomic mass is 10.1. The summed E-state index contributed by atoms with van der Waals surface area (Å²) in [6.07, 6.45) is 3.34. The summed E-state index contributed by atoms with van der Waals surface area (Å²) < 4.78 is 16.0. The van der Waals surface area contributed by atoms with Crippen LogP contribution in [0.3, 0.4) is 0 Å². The van der Waals surface area contributed by atoms with Crippen molar-refractivity contribution < 1.29 is 9.18 Å². The second kappa shape index (κ2) is 7.25. The van der Waals surface area contributed by atoms with Crippen LogP contribution in [-0.4, -0.2) is 20.7 Å². The zero-order valence-corrected chi connectivity index (χ0v) is 15.4. The molecule has 0 fully saturated rings. The number of pyridine rings is 1. The number of carbonyl (C=O) groups is 1. The molecule has 0 spiro atoms. The molecular weight excluding hydrogens is 355 g/mol. The fraction of sp³-hybridized carbons (Fsp3) is 0.211.